The van der Waals surface area contributed by atoms with E-state index in [1.54, 1.807) is 12.1 Å². The number of nitrogen functional groups attached to an aromatic ring is 1. The number of nitrogens with one attached hydrogen (secondary N) is 1. The lowest BCUT2D eigenvalue weighted by Crippen LogP contribution is -2.25. The SMILES string of the molecule is COC(=O)c1ccc(NCC2CCCS2(=O)=O)c(N)c1. The van der Waals surface area contributed by atoms with Crippen LogP contribution in [0, 0.1) is 0 Å². The van der Waals surface area contributed by atoms with Crippen molar-refractivity contribution in [2.45, 2.75) is 18.1 Å². The molecule has 1 heterocycles. The van der Waals surface area contributed by atoms with E-state index in [0.717, 1.165) is 0 Å². The number of esters is 1. The molecule has 0 spiro atoms. The molecule has 1 atom stereocenters. The molecule has 0 radical (unpaired) electrons. The molecule has 1 aliphatic rings. The molecular formula is C13H18N2O4S. The molecule has 0 aromatic heterocycles. The average Bonchev–Trinajstić information content (AvgIpc) is 2.75. The summed E-state index contributed by atoms with van der Waals surface area (Å²) in [5, 5.41) is 2.68. The van der Waals surface area contributed by atoms with Crippen LogP contribution in [0.5, 0.6) is 0 Å². The van der Waals surface area contributed by atoms with E-state index >= 15 is 0 Å². The molecule has 0 amide bonds. The van der Waals surface area contributed by atoms with Crippen LogP contribution in [-0.4, -0.2) is 39.0 Å². The second-order valence-corrected chi connectivity index (χ2v) is 7.21. The number of nitrogens with two attached hydrogens (primary N) is 1. The molecule has 0 bridgehead atoms. The number of hydrogen-bond acceptors (Lipinski definition) is 6. The summed E-state index contributed by atoms with van der Waals surface area (Å²) in [6, 6.07) is 4.76. The highest BCUT2D eigenvalue weighted by Crippen LogP contribution is 2.24. The smallest absolute Gasteiger partial charge is 0.337 e. The van der Waals surface area contributed by atoms with Gasteiger partial charge in [0.25, 0.3) is 0 Å². The van der Waals surface area contributed by atoms with Crippen molar-refractivity contribution in [2.75, 3.05) is 30.5 Å². The summed E-state index contributed by atoms with van der Waals surface area (Å²) in [7, 11) is -1.67. The van der Waals surface area contributed by atoms with Crippen molar-refractivity contribution in [2.24, 2.45) is 0 Å². The maximum absolute atomic E-state index is 11.7. The van der Waals surface area contributed by atoms with Gasteiger partial charge in [0.05, 0.1) is 35.1 Å². The van der Waals surface area contributed by atoms with Crippen molar-refractivity contribution < 1.29 is 17.9 Å². The number of benzene rings is 1. The Morgan fingerprint density at radius 3 is 2.80 bits per heavy atom. The zero-order chi connectivity index (χ0) is 14.8. The molecule has 1 unspecified atom stereocenters. The number of carbonyl (C=O) groups excluding carboxylic acids is 1. The normalized spacial score (nSPS) is 20.6. The molecule has 6 nitrogen and oxygen atoms in total. The highest BCUT2D eigenvalue weighted by Gasteiger charge is 2.30. The monoisotopic (exact) mass is 298 g/mol. The first-order valence-corrected chi connectivity index (χ1v) is 8.09. The van der Waals surface area contributed by atoms with Gasteiger partial charge in [-0.3, -0.25) is 0 Å². The Hall–Kier alpha value is -1.76. The second kappa shape index (κ2) is 5.70. The van der Waals surface area contributed by atoms with Crippen LogP contribution in [0.25, 0.3) is 0 Å². The second-order valence-electron chi connectivity index (χ2n) is 4.81. The molecular weight excluding hydrogens is 280 g/mol. The zero-order valence-electron chi connectivity index (χ0n) is 11.3. The summed E-state index contributed by atoms with van der Waals surface area (Å²) in [6.07, 6.45) is 1.39. The predicted molar refractivity (Wildman–Crippen MR) is 77.5 cm³/mol. The third-order valence-corrected chi connectivity index (χ3v) is 5.73. The third-order valence-electron chi connectivity index (χ3n) is 3.46. The number of rotatable bonds is 4. The highest BCUT2D eigenvalue weighted by atomic mass is 32.2. The minimum Gasteiger partial charge on any atom is -0.465 e. The molecule has 2 rings (SSSR count). The van der Waals surface area contributed by atoms with Gasteiger partial charge in [0.15, 0.2) is 9.84 Å². The standard InChI is InChI=1S/C13H18N2O4S/c1-19-13(16)9-4-5-12(11(14)7-9)15-8-10-3-2-6-20(10,17)18/h4-5,7,10,15H,2-3,6,8,14H2,1H3. The Balaban J connectivity index is 2.05. The molecule has 1 fully saturated rings. The Kier molecular flexibility index (Phi) is 4.17. The minimum absolute atomic E-state index is 0.260. The van der Waals surface area contributed by atoms with Crippen LogP contribution in [0.3, 0.4) is 0 Å². The first kappa shape index (κ1) is 14.6. The first-order chi connectivity index (χ1) is 9.44. The van der Waals surface area contributed by atoms with Crippen molar-refractivity contribution in [3.8, 4) is 0 Å². The lowest BCUT2D eigenvalue weighted by atomic mass is 10.1. The van der Waals surface area contributed by atoms with Crippen LogP contribution in [0.1, 0.15) is 23.2 Å². The van der Waals surface area contributed by atoms with Crippen molar-refractivity contribution in [1.82, 2.24) is 0 Å². The molecule has 110 valence electrons. The molecule has 20 heavy (non-hydrogen) atoms. The molecule has 1 saturated heterocycles. The van der Waals surface area contributed by atoms with Crippen molar-refractivity contribution in [3.63, 3.8) is 0 Å². The van der Waals surface area contributed by atoms with Crippen LogP contribution >= 0.6 is 0 Å². The minimum atomic E-state index is -2.97. The maximum Gasteiger partial charge on any atom is 0.337 e. The topological polar surface area (TPSA) is 98.5 Å². The first-order valence-electron chi connectivity index (χ1n) is 6.37. The lowest BCUT2D eigenvalue weighted by molar-refractivity contribution is 0.0601. The summed E-state index contributed by atoms with van der Waals surface area (Å²) < 4.78 is 28.0. The van der Waals surface area contributed by atoms with Gasteiger partial charge in [-0.05, 0) is 31.0 Å². The van der Waals surface area contributed by atoms with Gasteiger partial charge in [0.2, 0.25) is 0 Å². The van der Waals surface area contributed by atoms with E-state index < -0.39 is 15.8 Å². The van der Waals surface area contributed by atoms with Gasteiger partial charge in [0.1, 0.15) is 0 Å². The Morgan fingerprint density at radius 1 is 1.50 bits per heavy atom. The molecule has 3 N–H and O–H groups in total. The number of ether oxygens (including phenoxy) is 1. The largest absolute Gasteiger partial charge is 0.465 e. The lowest BCUT2D eigenvalue weighted by Gasteiger charge is -2.14. The molecule has 7 heteroatoms. The van der Waals surface area contributed by atoms with E-state index in [2.05, 4.69) is 10.1 Å². The van der Waals surface area contributed by atoms with Crippen LogP contribution in [0.15, 0.2) is 18.2 Å². The van der Waals surface area contributed by atoms with Crippen molar-refractivity contribution in [1.29, 1.82) is 0 Å². The van der Waals surface area contributed by atoms with Gasteiger partial charge in [-0.2, -0.15) is 0 Å². The number of methoxy groups -OCH3 is 1. The summed E-state index contributed by atoms with van der Waals surface area (Å²) in [5.41, 5.74) is 7.23. The van der Waals surface area contributed by atoms with Gasteiger partial charge in [-0.1, -0.05) is 0 Å². The van der Waals surface area contributed by atoms with Crippen LogP contribution < -0.4 is 11.1 Å². The predicted octanol–water partition coefficient (Wildman–Crippen LogP) is 1.04. The summed E-state index contributed by atoms with van der Waals surface area (Å²) in [6.45, 7) is 0.337. The Morgan fingerprint density at radius 2 is 2.25 bits per heavy atom. The fourth-order valence-corrected chi connectivity index (χ4v) is 4.05. The van der Waals surface area contributed by atoms with Gasteiger partial charge in [-0.15, -0.1) is 0 Å². The van der Waals surface area contributed by atoms with E-state index in [0.29, 0.717) is 36.3 Å². The van der Waals surface area contributed by atoms with Crippen LogP contribution in [0.4, 0.5) is 11.4 Å². The molecule has 1 aliphatic heterocycles. The molecule has 0 aliphatic carbocycles. The fourth-order valence-electron chi connectivity index (χ4n) is 2.28. The molecule has 1 aromatic carbocycles. The summed E-state index contributed by atoms with van der Waals surface area (Å²) in [5.74, 6) is -0.197. The number of carbonyl (C=O) groups is 1. The molecule has 0 saturated carbocycles. The van der Waals surface area contributed by atoms with E-state index in [9.17, 15) is 13.2 Å². The quantitative estimate of drug-likeness (QED) is 0.636. The molecule has 1 aromatic rings. The fraction of sp³-hybridized carbons (Fsp3) is 0.462. The van der Waals surface area contributed by atoms with Gasteiger partial charge >= 0.3 is 5.97 Å². The summed E-state index contributed by atoms with van der Waals surface area (Å²) in [4.78, 5) is 11.4. The maximum atomic E-state index is 11.7. The third kappa shape index (κ3) is 3.04. The highest BCUT2D eigenvalue weighted by molar-refractivity contribution is 7.92. The van der Waals surface area contributed by atoms with Crippen molar-refractivity contribution >= 4 is 27.2 Å². The van der Waals surface area contributed by atoms with Crippen LogP contribution in [0.2, 0.25) is 0 Å². The van der Waals surface area contributed by atoms with Gasteiger partial charge in [0, 0.05) is 6.54 Å². The summed E-state index contributed by atoms with van der Waals surface area (Å²) >= 11 is 0. The van der Waals surface area contributed by atoms with E-state index in [1.165, 1.54) is 13.2 Å². The zero-order valence-corrected chi connectivity index (χ0v) is 12.1. The number of sulfone groups is 1. The Bertz CT molecular complexity index is 613. The Labute approximate surface area is 118 Å². The van der Waals surface area contributed by atoms with Gasteiger partial charge in [-0.25, -0.2) is 13.2 Å². The van der Waals surface area contributed by atoms with E-state index in [4.69, 9.17) is 5.73 Å². The van der Waals surface area contributed by atoms with E-state index in [1.807, 2.05) is 0 Å². The van der Waals surface area contributed by atoms with Gasteiger partial charge < -0.3 is 15.8 Å². The number of hydrogen-bond donors (Lipinski definition) is 2. The van der Waals surface area contributed by atoms with Crippen molar-refractivity contribution in [3.05, 3.63) is 23.8 Å². The van der Waals surface area contributed by atoms with Crippen LogP contribution in [-0.2, 0) is 14.6 Å². The average molecular weight is 298 g/mol. The van der Waals surface area contributed by atoms with E-state index in [-0.39, 0.29) is 11.0 Å². The number of anilines is 2.